The minimum Gasteiger partial charge on any atom is -0.451 e. The van der Waals surface area contributed by atoms with Crippen molar-refractivity contribution in [2.75, 3.05) is 43.4 Å². The standard InChI is InChI=1S/C23H24N4O4/c1-16-3-8-19(20(15-16)27(29)30)21-9-10-22(31-21)23(28)24-17-4-6-18(7-5-17)26-13-11-25(2)12-14-26/h3-10,15H,11-14H2,1-2H3,(H,24,28). The van der Waals surface area contributed by atoms with Crippen molar-refractivity contribution in [3.8, 4) is 11.3 Å². The van der Waals surface area contributed by atoms with Gasteiger partial charge in [-0.3, -0.25) is 14.9 Å². The van der Waals surface area contributed by atoms with Crippen molar-refractivity contribution in [3.63, 3.8) is 0 Å². The third kappa shape index (κ3) is 4.59. The molecule has 0 atom stereocenters. The Hall–Kier alpha value is -3.65. The Labute approximate surface area is 180 Å². The Morgan fingerprint density at radius 1 is 1.03 bits per heavy atom. The molecule has 2 aromatic carbocycles. The number of nitrogens with one attached hydrogen (secondary N) is 1. The Balaban J connectivity index is 1.46. The van der Waals surface area contributed by atoms with Crippen molar-refractivity contribution >= 4 is 23.0 Å². The Kier molecular flexibility index (Phi) is 5.73. The first-order valence-corrected chi connectivity index (χ1v) is 10.1. The lowest BCUT2D eigenvalue weighted by molar-refractivity contribution is -0.384. The number of carbonyl (C=O) groups is 1. The zero-order chi connectivity index (χ0) is 22.0. The Morgan fingerprint density at radius 3 is 2.42 bits per heavy atom. The minimum atomic E-state index is -0.452. The molecule has 0 aliphatic carbocycles. The van der Waals surface area contributed by atoms with Gasteiger partial charge in [0.25, 0.3) is 11.6 Å². The highest BCUT2D eigenvalue weighted by molar-refractivity contribution is 6.02. The van der Waals surface area contributed by atoms with Gasteiger partial charge < -0.3 is 19.5 Å². The predicted octanol–water partition coefficient (Wildman–Crippen LogP) is 4.17. The summed E-state index contributed by atoms with van der Waals surface area (Å²) in [4.78, 5) is 28.1. The molecule has 2 heterocycles. The van der Waals surface area contributed by atoms with E-state index in [1.54, 1.807) is 25.1 Å². The van der Waals surface area contributed by atoms with Gasteiger partial charge in [-0.2, -0.15) is 0 Å². The van der Waals surface area contributed by atoms with Crippen LogP contribution in [0.2, 0.25) is 0 Å². The highest BCUT2D eigenvalue weighted by atomic mass is 16.6. The molecule has 8 heteroatoms. The summed E-state index contributed by atoms with van der Waals surface area (Å²) in [5.41, 5.74) is 2.84. The van der Waals surface area contributed by atoms with Crippen LogP contribution in [-0.4, -0.2) is 49.0 Å². The van der Waals surface area contributed by atoms with Crippen molar-refractivity contribution in [1.82, 2.24) is 4.90 Å². The summed E-state index contributed by atoms with van der Waals surface area (Å²) in [6, 6.07) is 15.7. The van der Waals surface area contributed by atoms with E-state index in [0.717, 1.165) is 37.4 Å². The van der Waals surface area contributed by atoms with Crippen molar-refractivity contribution < 1.29 is 14.1 Å². The quantitative estimate of drug-likeness (QED) is 0.492. The number of anilines is 2. The molecule has 1 aromatic heterocycles. The minimum absolute atomic E-state index is 0.0548. The SMILES string of the molecule is Cc1ccc(-c2ccc(C(=O)Nc3ccc(N4CCN(C)CC4)cc3)o2)c([N+](=O)[O-])c1. The maximum Gasteiger partial charge on any atom is 0.291 e. The Bertz CT molecular complexity index is 1100. The number of amides is 1. The van der Waals surface area contributed by atoms with Crippen molar-refractivity contribution in [2.45, 2.75) is 6.92 Å². The number of nitro benzene ring substituents is 1. The number of likely N-dealkylation sites (N-methyl/N-ethyl adjacent to an activating group) is 1. The number of nitro groups is 1. The fourth-order valence-electron chi connectivity index (χ4n) is 3.62. The van der Waals surface area contributed by atoms with Gasteiger partial charge in [0.15, 0.2) is 5.76 Å². The van der Waals surface area contributed by atoms with Gasteiger partial charge in [0.1, 0.15) is 5.76 Å². The van der Waals surface area contributed by atoms with Crippen LogP contribution >= 0.6 is 0 Å². The van der Waals surface area contributed by atoms with Crippen LogP contribution in [0.5, 0.6) is 0 Å². The molecular weight excluding hydrogens is 396 g/mol. The van der Waals surface area contributed by atoms with Crippen LogP contribution in [0.1, 0.15) is 16.1 Å². The molecule has 1 saturated heterocycles. The van der Waals surface area contributed by atoms with E-state index in [2.05, 4.69) is 22.2 Å². The zero-order valence-electron chi connectivity index (χ0n) is 17.5. The maximum atomic E-state index is 12.6. The molecule has 0 bridgehead atoms. The summed E-state index contributed by atoms with van der Waals surface area (Å²) in [6.07, 6.45) is 0. The number of benzene rings is 2. The number of piperazine rings is 1. The van der Waals surface area contributed by atoms with E-state index >= 15 is 0 Å². The molecule has 1 amide bonds. The molecule has 0 radical (unpaired) electrons. The summed E-state index contributed by atoms with van der Waals surface area (Å²) in [5, 5.41) is 14.2. The number of rotatable bonds is 5. The summed E-state index contributed by atoms with van der Waals surface area (Å²) in [6.45, 7) is 5.79. The van der Waals surface area contributed by atoms with Gasteiger partial charge in [-0.15, -0.1) is 0 Å². The summed E-state index contributed by atoms with van der Waals surface area (Å²) >= 11 is 0. The van der Waals surface area contributed by atoms with Crippen molar-refractivity contribution in [2.24, 2.45) is 0 Å². The number of hydrogen-bond donors (Lipinski definition) is 1. The van der Waals surface area contributed by atoms with Crippen LogP contribution in [0.4, 0.5) is 17.1 Å². The van der Waals surface area contributed by atoms with Crippen LogP contribution in [0.15, 0.2) is 59.0 Å². The first kappa shape index (κ1) is 20.6. The van der Waals surface area contributed by atoms with Crippen molar-refractivity contribution in [3.05, 3.63) is 76.0 Å². The molecule has 160 valence electrons. The van der Waals surface area contributed by atoms with E-state index in [9.17, 15) is 14.9 Å². The van der Waals surface area contributed by atoms with E-state index in [4.69, 9.17) is 4.42 Å². The molecule has 1 aliphatic heterocycles. The third-order valence-electron chi connectivity index (χ3n) is 5.44. The second kappa shape index (κ2) is 8.61. The smallest absolute Gasteiger partial charge is 0.291 e. The third-order valence-corrected chi connectivity index (χ3v) is 5.44. The monoisotopic (exact) mass is 420 g/mol. The molecule has 1 fully saturated rings. The van der Waals surface area contributed by atoms with E-state index in [-0.39, 0.29) is 17.2 Å². The molecule has 4 rings (SSSR count). The number of carbonyl (C=O) groups excluding carboxylic acids is 1. The molecule has 0 saturated carbocycles. The van der Waals surface area contributed by atoms with Crippen LogP contribution in [-0.2, 0) is 0 Å². The molecule has 0 spiro atoms. The van der Waals surface area contributed by atoms with E-state index in [1.807, 2.05) is 24.3 Å². The van der Waals surface area contributed by atoms with Gasteiger partial charge in [0, 0.05) is 43.6 Å². The van der Waals surface area contributed by atoms with E-state index in [0.29, 0.717) is 11.3 Å². The average molecular weight is 420 g/mol. The zero-order valence-corrected chi connectivity index (χ0v) is 17.5. The largest absolute Gasteiger partial charge is 0.451 e. The van der Waals surface area contributed by atoms with Gasteiger partial charge in [-0.1, -0.05) is 6.07 Å². The fraction of sp³-hybridized carbons (Fsp3) is 0.261. The van der Waals surface area contributed by atoms with Crippen LogP contribution < -0.4 is 10.2 Å². The lowest BCUT2D eigenvalue weighted by Crippen LogP contribution is -2.44. The maximum absolute atomic E-state index is 12.6. The Morgan fingerprint density at radius 2 is 1.74 bits per heavy atom. The molecule has 0 unspecified atom stereocenters. The number of nitrogens with zero attached hydrogens (tertiary/aromatic N) is 3. The van der Waals surface area contributed by atoms with Gasteiger partial charge in [0.05, 0.1) is 10.5 Å². The average Bonchev–Trinajstić information content (AvgIpc) is 3.25. The number of hydrogen-bond acceptors (Lipinski definition) is 6. The summed E-state index contributed by atoms with van der Waals surface area (Å²) in [7, 11) is 2.12. The van der Waals surface area contributed by atoms with Crippen LogP contribution in [0.25, 0.3) is 11.3 Å². The van der Waals surface area contributed by atoms with Gasteiger partial charge in [0.2, 0.25) is 0 Å². The highest BCUT2D eigenvalue weighted by Crippen LogP contribution is 2.32. The first-order valence-electron chi connectivity index (χ1n) is 10.1. The molecule has 1 N–H and O–H groups in total. The molecular formula is C23H24N4O4. The number of aryl methyl sites for hydroxylation is 1. The van der Waals surface area contributed by atoms with E-state index < -0.39 is 10.8 Å². The lowest BCUT2D eigenvalue weighted by atomic mass is 10.1. The molecule has 1 aliphatic rings. The molecule has 8 nitrogen and oxygen atoms in total. The summed E-state index contributed by atoms with van der Waals surface area (Å²) in [5.74, 6) is -0.0383. The second-order valence-corrected chi connectivity index (χ2v) is 7.73. The first-order chi connectivity index (χ1) is 14.9. The lowest BCUT2D eigenvalue weighted by Gasteiger charge is -2.34. The summed E-state index contributed by atoms with van der Waals surface area (Å²) < 4.78 is 5.63. The highest BCUT2D eigenvalue weighted by Gasteiger charge is 2.20. The van der Waals surface area contributed by atoms with Crippen molar-refractivity contribution in [1.29, 1.82) is 0 Å². The molecule has 3 aromatic rings. The van der Waals surface area contributed by atoms with Gasteiger partial charge >= 0.3 is 0 Å². The topological polar surface area (TPSA) is 91.9 Å². The van der Waals surface area contributed by atoms with Gasteiger partial charge in [-0.25, -0.2) is 0 Å². The second-order valence-electron chi connectivity index (χ2n) is 7.73. The van der Waals surface area contributed by atoms with Gasteiger partial charge in [-0.05, 0) is 62.0 Å². The van der Waals surface area contributed by atoms with Crippen LogP contribution in [0.3, 0.4) is 0 Å². The number of furan rings is 1. The van der Waals surface area contributed by atoms with E-state index in [1.165, 1.54) is 12.1 Å². The predicted molar refractivity (Wildman–Crippen MR) is 120 cm³/mol. The van der Waals surface area contributed by atoms with Crippen LogP contribution in [0, 0.1) is 17.0 Å². The normalized spacial score (nSPS) is 14.5. The molecule has 31 heavy (non-hydrogen) atoms. The fourth-order valence-corrected chi connectivity index (χ4v) is 3.62.